The molecule has 2 aliphatic heterocycles. The van der Waals surface area contributed by atoms with Crippen LogP contribution in [0.1, 0.15) is 39.0 Å². The van der Waals surface area contributed by atoms with Gasteiger partial charge >= 0.3 is 0 Å². The second-order valence-electron chi connectivity index (χ2n) is 8.92. The Balaban J connectivity index is 0.00000218. The van der Waals surface area contributed by atoms with Gasteiger partial charge in [-0.05, 0) is 44.7 Å². The van der Waals surface area contributed by atoms with E-state index in [0.29, 0.717) is 37.7 Å². The van der Waals surface area contributed by atoms with E-state index in [1.165, 1.54) is 37.5 Å². The summed E-state index contributed by atoms with van der Waals surface area (Å²) in [5, 5.41) is 7.25. The first-order valence-corrected chi connectivity index (χ1v) is 11.0. The quantitative estimate of drug-likeness (QED) is 0.353. The summed E-state index contributed by atoms with van der Waals surface area (Å²) in [7, 11) is 0. The smallest absolute Gasteiger partial charge is 0.191 e. The van der Waals surface area contributed by atoms with E-state index in [-0.39, 0.29) is 41.1 Å². The molecule has 4 fully saturated rings. The molecule has 4 atom stereocenters. The van der Waals surface area contributed by atoms with E-state index in [2.05, 4.69) is 15.6 Å². The molecule has 2 saturated heterocycles. The van der Waals surface area contributed by atoms with Gasteiger partial charge in [0.2, 0.25) is 0 Å². The molecule has 1 aromatic carbocycles. The molecule has 2 aliphatic carbocycles. The SMILES string of the molecule is CCN=C(NC1CCN(c2c(F)cccc2F)C1)NC1C2CCOC2C12CCC2.I. The van der Waals surface area contributed by atoms with Crippen LogP contribution in [0.3, 0.4) is 0 Å². The number of aliphatic imine (C=N–C) groups is 1. The molecule has 4 aliphatic rings. The molecule has 166 valence electrons. The van der Waals surface area contributed by atoms with Gasteiger partial charge in [-0.15, -0.1) is 24.0 Å². The van der Waals surface area contributed by atoms with Gasteiger partial charge in [0, 0.05) is 49.7 Å². The van der Waals surface area contributed by atoms with E-state index >= 15 is 0 Å². The van der Waals surface area contributed by atoms with Gasteiger partial charge in [0.1, 0.15) is 17.3 Å². The van der Waals surface area contributed by atoms with Crippen LogP contribution in [-0.2, 0) is 4.74 Å². The van der Waals surface area contributed by atoms with Crippen molar-refractivity contribution in [3.63, 3.8) is 0 Å². The minimum absolute atomic E-state index is 0. The number of guanidine groups is 1. The minimum Gasteiger partial charge on any atom is -0.377 e. The van der Waals surface area contributed by atoms with E-state index in [9.17, 15) is 8.78 Å². The van der Waals surface area contributed by atoms with Gasteiger partial charge in [0.15, 0.2) is 5.96 Å². The van der Waals surface area contributed by atoms with Crippen molar-refractivity contribution in [3.8, 4) is 0 Å². The predicted molar refractivity (Wildman–Crippen MR) is 125 cm³/mol. The van der Waals surface area contributed by atoms with Crippen molar-refractivity contribution >= 4 is 35.6 Å². The van der Waals surface area contributed by atoms with E-state index in [1.54, 1.807) is 4.90 Å². The van der Waals surface area contributed by atoms with Crippen LogP contribution in [0.5, 0.6) is 0 Å². The van der Waals surface area contributed by atoms with Gasteiger partial charge in [-0.25, -0.2) is 8.78 Å². The summed E-state index contributed by atoms with van der Waals surface area (Å²) in [6, 6.07) is 4.58. The van der Waals surface area contributed by atoms with E-state index in [4.69, 9.17) is 4.74 Å². The summed E-state index contributed by atoms with van der Waals surface area (Å²) in [6.45, 7) is 4.78. The molecule has 8 heteroatoms. The van der Waals surface area contributed by atoms with Crippen LogP contribution in [0, 0.1) is 23.0 Å². The zero-order valence-corrected chi connectivity index (χ0v) is 19.7. The van der Waals surface area contributed by atoms with Crippen molar-refractivity contribution in [1.29, 1.82) is 0 Å². The first-order chi connectivity index (χ1) is 14.1. The van der Waals surface area contributed by atoms with Crippen molar-refractivity contribution in [2.24, 2.45) is 16.3 Å². The van der Waals surface area contributed by atoms with Gasteiger partial charge in [-0.2, -0.15) is 0 Å². The largest absolute Gasteiger partial charge is 0.377 e. The van der Waals surface area contributed by atoms with E-state index in [0.717, 1.165) is 25.4 Å². The fraction of sp³-hybridized carbons (Fsp3) is 0.682. The number of hydrogen-bond acceptors (Lipinski definition) is 3. The normalized spacial score (nSPS) is 31.6. The number of anilines is 1. The third kappa shape index (κ3) is 3.57. The topological polar surface area (TPSA) is 48.9 Å². The molecule has 4 unspecified atom stereocenters. The summed E-state index contributed by atoms with van der Waals surface area (Å²) in [5.74, 6) is 0.404. The van der Waals surface area contributed by atoms with Gasteiger partial charge in [-0.1, -0.05) is 12.5 Å². The molecule has 1 spiro atoms. The van der Waals surface area contributed by atoms with Crippen molar-refractivity contribution in [3.05, 3.63) is 29.8 Å². The summed E-state index contributed by atoms with van der Waals surface area (Å²) in [4.78, 5) is 6.46. The lowest BCUT2D eigenvalue weighted by Gasteiger charge is -2.63. The predicted octanol–water partition coefficient (Wildman–Crippen LogP) is 3.67. The third-order valence-corrected chi connectivity index (χ3v) is 7.43. The number of ether oxygens (including phenoxy) is 1. The Bertz CT molecular complexity index is 783. The zero-order valence-electron chi connectivity index (χ0n) is 17.4. The molecule has 2 N–H and O–H groups in total. The maximum atomic E-state index is 14.1. The molecule has 30 heavy (non-hydrogen) atoms. The van der Waals surface area contributed by atoms with Crippen LogP contribution in [0.25, 0.3) is 0 Å². The van der Waals surface area contributed by atoms with Gasteiger partial charge in [-0.3, -0.25) is 4.99 Å². The second kappa shape index (κ2) is 8.76. The first kappa shape index (κ1) is 22.0. The summed E-state index contributed by atoms with van der Waals surface area (Å²) >= 11 is 0. The average molecular weight is 532 g/mol. The van der Waals surface area contributed by atoms with Crippen LogP contribution in [0.2, 0.25) is 0 Å². The maximum absolute atomic E-state index is 14.1. The first-order valence-electron chi connectivity index (χ1n) is 11.0. The van der Waals surface area contributed by atoms with E-state index in [1.807, 2.05) is 6.92 Å². The van der Waals surface area contributed by atoms with Crippen LogP contribution in [0.15, 0.2) is 23.2 Å². The van der Waals surface area contributed by atoms with Crippen LogP contribution >= 0.6 is 24.0 Å². The van der Waals surface area contributed by atoms with Gasteiger partial charge in [0.05, 0.1) is 6.10 Å². The highest BCUT2D eigenvalue weighted by Crippen LogP contribution is 2.62. The standard InChI is InChI=1S/C22H30F2N4O.HI/c1-2-25-21(27-19-15-8-12-29-20(15)22(19)9-4-10-22)26-14-7-11-28(13-14)18-16(23)5-3-6-17(18)24;/h3,5-6,14-15,19-20H,2,4,7-13H2,1H3,(H2,25,26,27);1H. The minimum atomic E-state index is -0.500. The molecular weight excluding hydrogens is 501 g/mol. The number of nitrogens with one attached hydrogen (secondary N) is 2. The molecule has 2 heterocycles. The average Bonchev–Trinajstić information content (AvgIpc) is 3.27. The lowest BCUT2D eigenvalue weighted by Crippen LogP contribution is -2.72. The fourth-order valence-electron chi connectivity index (χ4n) is 5.96. The highest BCUT2D eigenvalue weighted by atomic mass is 127. The Morgan fingerprint density at radius 2 is 2.00 bits per heavy atom. The molecule has 5 nitrogen and oxygen atoms in total. The van der Waals surface area contributed by atoms with Crippen LogP contribution in [-0.4, -0.2) is 50.4 Å². The van der Waals surface area contributed by atoms with E-state index < -0.39 is 11.6 Å². The number of para-hydroxylation sites is 1. The second-order valence-corrected chi connectivity index (χ2v) is 8.92. The number of halogens is 3. The monoisotopic (exact) mass is 532 g/mol. The fourth-order valence-corrected chi connectivity index (χ4v) is 5.96. The molecular formula is C22H31F2IN4O. The number of fused-ring (bicyclic) bond motifs is 2. The maximum Gasteiger partial charge on any atom is 0.191 e. The van der Waals surface area contributed by atoms with Crippen molar-refractivity contribution in [2.75, 3.05) is 31.1 Å². The molecule has 1 aromatic rings. The Morgan fingerprint density at radius 1 is 1.23 bits per heavy atom. The van der Waals surface area contributed by atoms with Crippen molar-refractivity contribution < 1.29 is 13.5 Å². The molecule has 0 bridgehead atoms. The summed E-state index contributed by atoms with van der Waals surface area (Å²) in [5.41, 5.74) is 0.368. The number of benzene rings is 1. The lowest BCUT2D eigenvalue weighted by molar-refractivity contribution is -0.171. The molecule has 2 saturated carbocycles. The van der Waals surface area contributed by atoms with Crippen LogP contribution < -0.4 is 15.5 Å². The molecule has 5 rings (SSSR count). The highest BCUT2D eigenvalue weighted by molar-refractivity contribution is 14.0. The van der Waals surface area contributed by atoms with Gasteiger partial charge < -0.3 is 20.3 Å². The summed E-state index contributed by atoms with van der Waals surface area (Å²) < 4.78 is 34.3. The number of nitrogens with zero attached hydrogens (tertiary/aromatic N) is 2. The Morgan fingerprint density at radius 3 is 2.67 bits per heavy atom. The molecule has 0 radical (unpaired) electrons. The Kier molecular flexibility index (Phi) is 6.44. The van der Waals surface area contributed by atoms with Crippen molar-refractivity contribution in [1.82, 2.24) is 10.6 Å². The molecule has 0 aromatic heterocycles. The van der Waals surface area contributed by atoms with Crippen LogP contribution in [0.4, 0.5) is 14.5 Å². The molecule has 0 amide bonds. The number of hydrogen-bond donors (Lipinski definition) is 2. The summed E-state index contributed by atoms with van der Waals surface area (Å²) in [6.07, 6.45) is 6.10. The Hall–Kier alpha value is -1.16. The third-order valence-electron chi connectivity index (χ3n) is 7.43. The van der Waals surface area contributed by atoms with Crippen molar-refractivity contribution in [2.45, 2.75) is 57.2 Å². The number of rotatable bonds is 4. The zero-order chi connectivity index (χ0) is 20.0. The lowest BCUT2D eigenvalue weighted by atomic mass is 9.46. The van der Waals surface area contributed by atoms with Gasteiger partial charge in [0.25, 0.3) is 0 Å². The Labute approximate surface area is 194 Å². The highest BCUT2D eigenvalue weighted by Gasteiger charge is 2.66.